The highest BCUT2D eigenvalue weighted by Crippen LogP contribution is 2.18. The summed E-state index contributed by atoms with van der Waals surface area (Å²) in [5, 5.41) is 7.00. The van der Waals surface area contributed by atoms with Gasteiger partial charge in [-0.1, -0.05) is 31.2 Å². The van der Waals surface area contributed by atoms with Crippen molar-refractivity contribution in [1.82, 2.24) is 15.5 Å². The first-order valence-electron chi connectivity index (χ1n) is 8.81. The average Bonchev–Trinajstić information content (AvgIpc) is 2.94. The molecule has 1 fully saturated rings. The first-order valence-corrected chi connectivity index (χ1v) is 8.81. The zero-order valence-electron chi connectivity index (χ0n) is 16.1. The van der Waals surface area contributed by atoms with Gasteiger partial charge in [-0.3, -0.25) is 9.89 Å². The van der Waals surface area contributed by atoms with Crippen molar-refractivity contribution in [3.8, 4) is 0 Å². The van der Waals surface area contributed by atoms with Crippen LogP contribution in [0.25, 0.3) is 0 Å². The fourth-order valence-electron chi connectivity index (χ4n) is 3.09. The summed E-state index contributed by atoms with van der Waals surface area (Å²) in [7, 11) is 3.55. The molecule has 1 aliphatic rings. The van der Waals surface area contributed by atoms with E-state index in [2.05, 4.69) is 65.6 Å². The second-order valence-corrected chi connectivity index (χ2v) is 6.95. The van der Waals surface area contributed by atoms with Gasteiger partial charge in [-0.15, -0.1) is 24.0 Å². The molecule has 0 spiro atoms. The smallest absolute Gasteiger partial charge is 0.191 e. The first kappa shape index (κ1) is 22.2. The Kier molecular flexibility index (Phi) is 9.74. The number of nitrogens with one attached hydrogen (secondary N) is 2. The van der Waals surface area contributed by atoms with Crippen molar-refractivity contribution < 1.29 is 4.74 Å². The highest BCUT2D eigenvalue weighted by atomic mass is 127. The predicted octanol–water partition coefficient (Wildman–Crippen LogP) is 2.84. The maximum absolute atomic E-state index is 5.14. The van der Waals surface area contributed by atoms with Crippen molar-refractivity contribution in [2.24, 2.45) is 10.9 Å². The molecule has 2 rings (SSSR count). The standard InChI is InChI=1S/C19H32N4O.HI/c1-14(2)23-11-15(3)18(12-23)22-19(20-4)21-10-16-6-8-17(9-7-16)13-24-5;/h6-9,14-15,18H,10-13H2,1-5H3,(H2,20,21,22);1H. The SMILES string of the molecule is CN=C(NCc1ccc(COC)cc1)NC1CN(C(C)C)CC1C.I. The van der Waals surface area contributed by atoms with E-state index >= 15 is 0 Å². The number of nitrogens with zero attached hydrogens (tertiary/aromatic N) is 2. The molecule has 2 atom stereocenters. The quantitative estimate of drug-likeness (QED) is 0.390. The van der Waals surface area contributed by atoms with Crippen molar-refractivity contribution >= 4 is 29.9 Å². The Bertz CT molecular complexity index is 533. The van der Waals surface area contributed by atoms with Gasteiger partial charge < -0.3 is 15.4 Å². The van der Waals surface area contributed by atoms with Gasteiger partial charge in [0.25, 0.3) is 0 Å². The molecule has 1 aromatic rings. The lowest BCUT2D eigenvalue weighted by Gasteiger charge is -2.22. The van der Waals surface area contributed by atoms with Gasteiger partial charge >= 0.3 is 0 Å². The van der Waals surface area contributed by atoms with Gasteiger partial charge in [-0.25, -0.2) is 0 Å². The van der Waals surface area contributed by atoms with Crippen molar-refractivity contribution in [1.29, 1.82) is 0 Å². The van der Waals surface area contributed by atoms with E-state index in [1.54, 1.807) is 7.11 Å². The Hall–Kier alpha value is -0.860. The van der Waals surface area contributed by atoms with Gasteiger partial charge in [0.1, 0.15) is 0 Å². The molecule has 25 heavy (non-hydrogen) atoms. The maximum Gasteiger partial charge on any atom is 0.191 e. The summed E-state index contributed by atoms with van der Waals surface area (Å²) in [4.78, 5) is 6.89. The molecule has 142 valence electrons. The van der Waals surface area contributed by atoms with Gasteiger partial charge in [0.15, 0.2) is 5.96 Å². The molecule has 6 heteroatoms. The highest BCUT2D eigenvalue weighted by Gasteiger charge is 2.31. The van der Waals surface area contributed by atoms with Gasteiger partial charge in [0, 0.05) is 45.9 Å². The number of guanidine groups is 1. The Morgan fingerprint density at radius 1 is 1.24 bits per heavy atom. The second kappa shape index (κ2) is 11.0. The van der Waals surface area contributed by atoms with Crippen molar-refractivity contribution in [3.05, 3.63) is 35.4 Å². The summed E-state index contributed by atoms with van der Waals surface area (Å²) in [6.45, 7) is 10.5. The van der Waals surface area contributed by atoms with Crippen LogP contribution in [0.15, 0.2) is 29.3 Å². The third kappa shape index (κ3) is 6.75. The summed E-state index contributed by atoms with van der Waals surface area (Å²) >= 11 is 0. The average molecular weight is 460 g/mol. The third-order valence-corrected chi connectivity index (χ3v) is 4.71. The molecular weight excluding hydrogens is 427 g/mol. The minimum Gasteiger partial charge on any atom is -0.380 e. The fourth-order valence-corrected chi connectivity index (χ4v) is 3.09. The number of aliphatic imine (C=N–C) groups is 1. The number of likely N-dealkylation sites (tertiary alicyclic amines) is 1. The van der Waals surface area contributed by atoms with E-state index in [1.165, 1.54) is 11.1 Å². The van der Waals surface area contributed by atoms with E-state index in [-0.39, 0.29) is 24.0 Å². The fraction of sp³-hybridized carbons (Fsp3) is 0.632. The lowest BCUT2D eigenvalue weighted by Crippen LogP contribution is -2.46. The van der Waals surface area contributed by atoms with Gasteiger partial charge in [0.05, 0.1) is 6.61 Å². The third-order valence-electron chi connectivity index (χ3n) is 4.71. The molecule has 0 saturated carbocycles. The van der Waals surface area contributed by atoms with Gasteiger partial charge in [-0.2, -0.15) is 0 Å². The van der Waals surface area contributed by atoms with Crippen LogP contribution in [-0.2, 0) is 17.9 Å². The molecule has 2 N–H and O–H groups in total. The van der Waals surface area contributed by atoms with Gasteiger partial charge in [-0.05, 0) is 30.9 Å². The number of halogens is 1. The summed E-state index contributed by atoms with van der Waals surface area (Å²) < 4.78 is 5.14. The normalized spacial score (nSPS) is 21.3. The van der Waals surface area contributed by atoms with E-state index in [4.69, 9.17) is 4.74 Å². The Balaban J connectivity index is 0.00000312. The van der Waals surface area contributed by atoms with Crippen LogP contribution >= 0.6 is 24.0 Å². The van der Waals surface area contributed by atoms with Crippen molar-refractivity contribution in [2.45, 2.75) is 46.0 Å². The topological polar surface area (TPSA) is 48.9 Å². The van der Waals surface area contributed by atoms with Crippen LogP contribution in [0.5, 0.6) is 0 Å². The van der Waals surface area contributed by atoms with E-state index < -0.39 is 0 Å². The van der Waals surface area contributed by atoms with Crippen LogP contribution in [0.1, 0.15) is 31.9 Å². The monoisotopic (exact) mass is 460 g/mol. The molecule has 1 aromatic carbocycles. The highest BCUT2D eigenvalue weighted by molar-refractivity contribution is 14.0. The second-order valence-electron chi connectivity index (χ2n) is 6.95. The molecule has 0 amide bonds. The van der Waals surface area contributed by atoms with Crippen LogP contribution in [0.2, 0.25) is 0 Å². The van der Waals surface area contributed by atoms with Crippen LogP contribution in [-0.4, -0.2) is 50.2 Å². The largest absolute Gasteiger partial charge is 0.380 e. The number of rotatable bonds is 6. The Morgan fingerprint density at radius 3 is 2.40 bits per heavy atom. The Labute approximate surface area is 169 Å². The summed E-state index contributed by atoms with van der Waals surface area (Å²) in [5.74, 6) is 1.50. The molecule has 0 aliphatic carbocycles. The predicted molar refractivity (Wildman–Crippen MR) is 116 cm³/mol. The molecular formula is C19H33IN4O. The zero-order valence-corrected chi connectivity index (χ0v) is 18.4. The minimum atomic E-state index is 0. The number of hydrogen-bond donors (Lipinski definition) is 2. The summed E-state index contributed by atoms with van der Waals surface area (Å²) in [6, 6.07) is 9.52. The van der Waals surface area contributed by atoms with E-state index in [1.807, 2.05) is 7.05 Å². The molecule has 1 heterocycles. The molecule has 0 radical (unpaired) electrons. The Morgan fingerprint density at radius 2 is 1.88 bits per heavy atom. The van der Waals surface area contributed by atoms with Crippen LogP contribution < -0.4 is 10.6 Å². The van der Waals surface area contributed by atoms with E-state index in [0.717, 1.165) is 25.6 Å². The zero-order chi connectivity index (χ0) is 17.5. The first-order chi connectivity index (χ1) is 11.5. The van der Waals surface area contributed by atoms with Crippen LogP contribution in [0.4, 0.5) is 0 Å². The number of benzene rings is 1. The molecule has 1 aliphatic heterocycles. The summed E-state index contributed by atoms with van der Waals surface area (Å²) in [5.41, 5.74) is 2.43. The molecule has 0 bridgehead atoms. The number of hydrogen-bond acceptors (Lipinski definition) is 3. The van der Waals surface area contributed by atoms with Crippen molar-refractivity contribution in [3.63, 3.8) is 0 Å². The lowest BCUT2D eigenvalue weighted by molar-refractivity contribution is 0.185. The molecule has 5 nitrogen and oxygen atoms in total. The van der Waals surface area contributed by atoms with Crippen LogP contribution in [0.3, 0.4) is 0 Å². The van der Waals surface area contributed by atoms with Crippen LogP contribution in [0, 0.1) is 5.92 Å². The molecule has 2 unspecified atom stereocenters. The molecule has 0 aromatic heterocycles. The number of ether oxygens (including phenoxy) is 1. The van der Waals surface area contributed by atoms with Gasteiger partial charge in [0.2, 0.25) is 0 Å². The molecule has 1 saturated heterocycles. The number of methoxy groups -OCH3 is 1. The minimum absolute atomic E-state index is 0. The maximum atomic E-state index is 5.14. The van der Waals surface area contributed by atoms with E-state index in [0.29, 0.717) is 24.6 Å². The van der Waals surface area contributed by atoms with Crippen molar-refractivity contribution in [2.75, 3.05) is 27.2 Å². The van der Waals surface area contributed by atoms with E-state index in [9.17, 15) is 0 Å². The lowest BCUT2D eigenvalue weighted by atomic mass is 10.1. The summed E-state index contributed by atoms with van der Waals surface area (Å²) in [6.07, 6.45) is 0.